The highest BCUT2D eigenvalue weighted by molar-refractivity contribution is 7.89. The van der Waals surface area contributed by atoms with Crippen LogP contribution in [-0.4, -0.2) is 32.7 Å². The van der Waals surface area contributed by atoms with Gasteiger partial charge in [-0.05, 0) is 49.0 Å². The molecule has 0 heterocycles. The minimum atomic E-state index is -3.56. The Bertz CT molecular complexity index is 869. The van der Waals surface area contributed by atoms with Gasteiger partial charge < -0.3 is 10.4 Å². The normalized spacial score (nSPS) is 20.8. The second-order valence-corrected chi connectivity index (χ2v) is 8.64. The number of rotatable bonds is 6. The van der Waals surface area contributed by atoms with E-state index in [1.54, 1.807) is 12.1 Å². The van der Waals surface area contributed by atoms with Gasteiger partial charge in [-0.3, -0.25) is 0 Å². The van der Waals surface area contributed by atoms with Crippen molar-refractivity contribution in [2.45, 2.75) is 30.6 Å². The minimum Gasteiger partial charge on any atom is -0.465 e. The van der Waals surface area contributed by atoms with Crippen LogP contribution in [0.1, 0.15) is 25.7 Å². The highest BCUT2D eigenvalue weighted by Crippen LogP contribution is 2.29. The average molecular weight is 376 g/mol. The first-order valence-electron chi connectivity index (χ1n) is 8.90. The molecule has 6 nitrogen and oxygen atoms in total. The Morgan fingerprint density at radius 1 is 0.962 bits per heavy atom. The topological polar surface area (TPSA) is 95.5 Å². The Labute approximate surface area is 153 Å². The Hall–Kier alpha value is -2.12. The molecular weight excluding hydrogens is 352 g/mol. The summed E-state index contributed by atoms with van der Waals surface area (Å²) < 4.78 is 28.3. The van der Waals surface area contributed by atoms with Gasteiger partial charge in [0.2, 0.25) is 10.0 Å². The number of amides is 1. The molecule has 0 saturated heterocycles. The molecule has 1 saturated carbocycles. The lowest BCUT2D eigenvalue weighted by Gasteiger charge is -2.28. The van der Waals surface area contributed by atoms with E-state index in [0.29, 0.717) is 29.8 Å². The molecule has 0 aromatic heterocycles. The number of hydrogen-bond acceptors (Lipinski definition) is 3. The summed E-state index contributed by atoms with van der Waals surface area (Å²) in [5.41, 5.74) is 0. The summed E-state index contributed by atoms with van der Waals surface area (Å²) in [6.07, 6.45) is 2.66. The number of sulfonamides is 1. The third-order valence-corrected chi connectivity index (χ3v) is 6.59. The Balaban J connectivity index is 1.58. The molecule has 3 N–H and O–H groups in total. The lowest BCUT2D eigenvalue weighted by molar-refractivity contribution is 0.188. The first-order chi connectivity index (χ1) is 12.5. The smallest absolute Gasteiger partial charge is 0.404 e. The predicted octanol–water partition coefficient (Wildman–Crippen LogP) is 3.19. The highest BCUT2D eigenvalue weighted by Gasteiger charge is 2.24. The molecule has 26 heavy (non-hydrogen) atoms. The summed E-state index contributed by atoms with van der Waals surface area (Å²) in [5, 5.41) is 12.7. The molecular formula is C19H24N2O4S. The maximum atomic E-state index is 12.7. The van der Waals surface area contributed by atoms with Crippen molar-refractivity contribution < 1.29 is 18.3 Å². The van der Waals surface area contributed by atoms with E-state index >= 15 is 0 Å². The Kier molecular flexibility index (Phi) is 5.78. The van der Waals surface area contributed by atoms with Gasteiger partial charge in [0.1, 0.15) is 0 Å². The molecule has 0 unspecified atom stereocenters. The molecule has 140 valence electrons. The Morgan fingerprint density at radius 3 is 2.27 bits per heavy atom. The molecule has 2 aromatic carbocycles. The SMILES string of the molecule is O=C(O)NC[C@H]1CC[C@H](CNS(=O)(=O)c2cccc3ccccc23)CC1. The van der Waals surface area contributed by atoms with Gasteiger partial charge in [0, 0.05) is 18.5 Å². The summed E-state index contributed by atoms with van der Waals surface area (Å²) in [5.74, 6) is 0.637. The fraction of sp³-hybridized carbons (Fsp3) is 0.421. The maximum Gasteiger partial charge on any atom is 0.404 e. The molecule has 2 aromatic rings. The van der Waals surface area contributed by atoms with Gasteiger partial charge in [-0.25, -0.2) is 17.9 Å². The van der Waals surface area contributed by atoms with Gasteiger partial charge in [0.25, 0.3) is 0 Å². The summed E-state index contributed by atoms with van der Waals surface area (Å²) in [7, 11) is -3.56. The zero-order valence-electron chi connectivity index (χ0n) is 14.5. The largest absolute Gasteiger partial charge is 0.465 e. The van der Waals surface area contributed by atoms with Crippen molar-refractivity contribution in [3.05, 3.63) is 42.5 Å². The maximum absolute atomic E-state index is 12.7. The van der Waals surface area contributed by atoms with Crippen LogP contribution in [0.15, 0.2) is 47.4 Å². The quantitative estimate of drug-likeness (QED) is 0.721. The molecule has 0 bridgehead atoms. The Morgan fingerprint density at radius 2 is 1.58 bits per heavy atom. The van der Waals surface area contributed by atoms with Gasteiger partial charge in [0.15, 0.2) is 0 Å². The molecule has 1 aliphatic carbocycles. The van der Waals surface area contributed by atoms with Crippen LogP contribution in [0.4, 0.5) is 4.79 Å². The van der Waals surface area contributed by atoms with Crippen LogP contribution in [0.5, 0.6) is 0 Å². The fourth-order valence-electron chi connectivity index (χ4n) is 3.61. The first-order valence-corrected chi connectivity index (χ1v) is 10.4. The minimum absolute atomic E-state index is 0.292. The van der Waals surface area contributed by atoms with E-state index in [9.17, 15) is 13.2 Å². The molecule has 0 radical (unpaired) electrons. The molecule has 1 amide bonds. The standard InChI is InChI=1S/C19H24N2O4S/c22-19(23)20-12-14-8-10-15(11-9-14)13-21-26(24,25)18-7-3-5-16-4-1-2-6-17(16)18/h1-7,14-15,20-21H,8-13H2,(H,22,23)/t14-,15-. The predicted molar refractivity (Wildman–Crippen MR) is 101 cm³/mol. The number of carbonyl (C=O) groups is 1. The summed E-state index contributed by atoms with van der Waals surface area (Å²) >= 11 is 0. The molecule has 1 fully saturated rings. The van der Waals surface area contributed by atoms with Gasteiger partial charge in [0.05, 0.1) is 4.90 Å². The summed E-state index contributed by atoms with van der Waals surface area (Å²) in [6, 6.07) is 12.8. The molecule has 0 aliphatic heterocycles. The van der Waals surface area contributed by atoms with Crippen LogP contribution in [-0.2, 0) is 10.0 Å². The second kappa shape index (κ2) is 8.05. The van der Waals surface area contributed by atoms with Crippen molar-refractivity contribution in [2.24, 2.45) is 11.8 Å². The lowest BCUT2D eigenvalue weighted by atomic mass is 9.82. The van der Waals surface area contributed by atoms with Gasteiger partial charge in [-0.1, -0.05) is 36.4 Å². The lowest BCUT2D eigenvalue weighted by Crippen LogP contribution is -2.34. The van der Waals surface area contributed by atoms with Crippen molar-refractivity contribution in [1.82, 2.24) is 10.0 Å². The number of benzene rings is 2. The monoisotopic (exact) mass is 376 g/mol. The number of carboxylic acid groups (broad SMARTS) is 1. The van der Waals surface area contributed by atoms with Crippen molar-refractivity contribution in [2.75, 3.05) is 13.1 Å². The van der Waals surface area contributed by atoms with Gasteiger partial charge >= 0.3 is 6.09 Å². The van der Waals surface area contributed by atoms with Gasteiger partial charge in [-0.15, -0.1) is 0 Å². The van der Waals surface area contributed by atoms with Crippen LogP contribution in [0.2, 0.25) is 0 Å². The summed E-state index contributed by atoms with van der Waals surface area (Å²) in [6.45, 7) is 0.897. The number of fused-ring (bicyclic) bond motifs is 1. The molecule has 3 rings (SSSR count). The molecule has 1 aliphatic rings. The van der Waals surface area contributed by atoms with Crippen LogP contribution < -0.4 is 10.0 Å². The zero-order valence-corrected chi connectivity index (χ0v) is 15.3. The average Bonchev–Trinajstić information content (AvgIpc) is 2.65. The first kappa shape index (κ1) is 18.7. The zero-order chi connectivity index (χ0) is 18.6. The van der Waals surface area contributed by atoms with Crippen molar-refractivity contribution in [3.8, 4) is 0 Å². The van der Waals surface area contributed by atoms with Crippen LogP contribution in [0, 0.1) is 11.8 Å². The van der Waals surface area contributed by atoms with E-state index in [-0.39, 0.29) is 0 Å². The van der Waals surface area contributed by atoms with E-state index in [2.05, 4.69) is 10.0 Å². The second-order valence-electron chi connectivity index (χ2n) is 6.90. The van der Waals surface area contributed by atoms with Crippen molar-refractivity contribution in [3.63, 3.8) is 0 Å². The van der Waals surface area contributed by atoms with E-state index in [1.165, 1.54) is 0 Å². The molecule has 7 heteroatoms. The number of hydrogen-bond donors (Lipinski definition) is 3. The molecule has 0 spiro atoms. The third-order valence-electron chi connectivity index (χ3n) is 5.11. The van der Waals surface area contributed by atoms with E-state index in [0.717, 1.165) is 36.5 Å². The summed E-state index contributed by atoms with van der Waals surface area (Å²) in [4.78, 5) is 10.9. The van der Waals surface area contributed by atoms with Crippen LogP contribution >= 0.6 is 0 Å². The van der Waals surface area contributed by atoms with Crippen LogP contribution in [0.25, 0.3) is 10.8 Å². The highest BCUT2D eigenvalue weighted by atomic mass is 32.2. The third kappa shape index (κ3) is 4.53. The van der Waals surface area contributed by atoms with Crippen molar-refractivity contribution in [1.29, 1.82) is 0 Å². The van der Waals surface area contributed by atoms with Crippen LogP contribution in [0.3, 0.4) is 0 Å². The molecule has 0 atom stereocenters. The fourth-order valence-corrected chi connectivity index (χ4v) is 4.95. The van der Waals surface area contributed by atoms with E-state index in [4.69, 9.17) is 5.11 Å². The number of nitrogens with one attached hydrogen (secondary N) is 2. The van der Waals surface area contributed by atoms with Crippen molar-refractivity contribution >= 4 is 26.9 Å². The van der Waals surface area contributed by atoms with E-state index < -0.39 is 16.1 Å². The van der Waals surface area contributed by atoms with E-state index in [1.807, 2.05) is 30.3 Å². The van der Waals surface area contributed by atoms with Gasteiger partial charge in [-0.2, -0.15) is 0 Å².